The first-order valence-corrected chi connectivity index (χ1v) is 11.7. The first-order valence-electron chi connectivity index (χ1n) is 9.48. The number of anilines is 1. The van der Waals surface area contributed by atoms with Gasteiger partial charge in [-0.15, -0.1) is 0 Å². The summed E-state index contributed by atoms with van der Waals surface area (Å²) in [6.07, 6.45) is 3.92. The largest absolute Gasteiger partial charge is 0.473 e. The predicted molar refractivity (Wildman–Crippen MR) is 109 cm³/mol. The van der Waals surface area contributed by atoms with Crippen LogP contribution in [0.15, 0.2) is 36.7 Å². The zero-order chi connectivity index (χ0) is 20.3. The lowest BCUT2D eigenvalue weighted by molar-refractivity contribution is 0.153. The predicted octanol–water partition coefficient (Wildman–Crippen LogP) is 3.05. The van der Waals surface area contributed by atoms with Gasteiger partial charge in [0.1, 0.15) is 12.5 Å². The number of nitrogens with zero attached hydrogens (tertiary/aromatic N) is 4. The quantitative estimate of drug-likeness (QED) is 0.395. The van der Waals surface area contributed by atoms with Crippen LogP contribution in [0.1, 0.15) is 18.4 Å². The Bertz CT molecular complexity index is 1020. The van der Waals surface area contributed by atoms with E-state index in [9.17, 15) is 4.57 Å². The molecule has 1 unspecified atom stereocenters. The number of nitrogens with two attached hydrogens (primary N) is 1. The van der Waals surface area contributed by atoms with Crippen LogP contribution in [0, 0.1) is 0 Å². The summed E-state index contributed by atoms with van der Waals surface area (Å²) >= 11 is 0. The monoisotopic (exact) mass is 417 g/mol. The summed E-state index contributed by atoms with van der Waals surface area (Å²) in [6.45, 7) is 2.69. The molecule has 0 spiro atoms. The van der Waals surface area contributed by atoms with Gasteiger partial charge in [-0.25, -0.2) is 4.98 Å². The highest BCUT2D eigenvalue weighted by Crippen LogP contribution is 2.43. The molecule has 10 heteroatoms. The molecule has 1 saturated carbocycles. The fraction of sp³-hybridized carbons (Fsp3) is 0.421. The number of rotatable bonds is 10. The van der Waals surface area contributed by atoms with E-state index in [4.69, 9.17) is 19.7 Å². The molecule has 1 aromatic carbocycles. The molecule has 0 amide bonds. The van der Waals surface area contributed by atoms with Crippen LogP contribution in [0.25, 0.3) is 11.2 Å². The first kappa shape index (κ1) is 19.8. The second-order valence-corrected chi connectivity index (χ2v) is 9.67. The average Bonchev–Trinajstić information content (AvgIpc) is 3.43. The number of hydrogen-bond donors (Lipinski definition) is 1. The smallest absolute Gasteiger partial charge is 0.247 e. The molecule has 0 radical (unpaired) electrons. The van der Waals surface area contributed by atoms with Crippen molar-refractivity contribution in [2.45, 2.75) is 32.1 Å². The van der Waals surface area contributed by atoms with E-state index < -0.39 is 7.37 Å². The van der Waals surface area contributed by atoms with Gasteiger partial charge in [-0.2, -0.15) is 9.97 Å². The molecule has 154 valence electrons. The molecular weight excluding hydrogens is 393 g/mol. The Morgan fingerprint density at radius 3 is 2.79 bits per heavy atom. The van der Waals surface area contributed by atoms with Crippen LogP contribution in [-0.2, 0) is 27.0 Å². The highest BCUT2D eigenvalue weighted by molar-refractivity contribution is 7.57. The van der Waals surface area contributed by atoms with Crippen molar-refractivity contribution in [3.63, 3.8) is 0 Å². The SMILES string of the molecule is CP(=O)(COCCn1cnc2c(OC3CC3)nc(N)nc21)OCc1ccccc1. The highest BCUT2D eigenvalue weighted by atomic mass is 31.2. The second-order valence-electron chi connectivity index (χ2n) is 7.12. The molecule has 2 N–H and O–H groups in total. The van der Waals surface area contributed by atoms with E-state index in [1.807, 2.05) is 34.9 Å². The maximum Gasteiger partial charge on any atom is 0.247 e. The Balaban J connectivity index is 1.30. The van der Waals surface area contributed by atoms with E-state index in [0.717, 1.165) is 18.4 Å². The van der Waals surface area contributed by atoms with Crippen LogP contribution in [0.3, 0.4) is 0 Å². The Hall–Kier alpha value is -2.48. The van der Waals surface area contributed by atoms with Crippen molar-refractivity contribution < 1.29 is 18.6 Å². The average molecular weight is 417 g/mol. The van der Waals surface area contributed by atoms with E-state index in [1.165, 1.54) is 0 Å². The van der Waals surface area contributed by atoms with Crippen molar-refractivity contribution >= 4 is 24.5 Å². The van der Waals surface area contributed by atoms with Gasteiger partial charge in [0.05, 0.1) is 19.5 Å². The highest BCUT2D eigenvalue weighted by Gasteiger charge is 2.26. The minimum Gasteiger partial charge on any atom is -0.473 e. The van der Waals surface area contributed by atoms with Crippen molar-refractivity contribution in [2.75, 3.05) is 25.4 Å². The van der Waals surface area contributed by atoms with Gasteiger partial charge in [0.2, 0.25) is 19.2 Å². The summed E-state index contributed by atoms with van der Waals surface area (Å²) in [5, 5.41) is 0. The molecule has 4 rings (SSSR count). The lowest BCUT2D eigenvalue weighted by atomic mass is 10.2. The van der Waals surface area contributed by atoms with Crippen molar-refractivity contribution in [1.29, 1.82) is 0 Å². The lowest BCUT2D eigenvalue weighted by Crippen LogP contribution is -2.09. The van der Waals surface area contributed by atoms with Crippen LogP contribution in [-0.4, -0.2) is 45.2 Å². The van der Waals surface area contributed by atoms with Gasteiger partial charge in [0, 0.05) is 13.2 Å². The molecule has 29 heavy (non-hydrogen) atoms. The molecule has 2 aromatic heterocycles. The molecule has 0 saturated heterocycles. The number of benzene rings is 1. The molecule has 9 nitrogen and oxygen atoms in total. The zero-order valence-corrected chi connectivity index (χ0v) is 17.1. The van der Waals surface area contributed by atoms with Crippen molar-refractivity contribution in [3.05, 3.63) is 42.2 Å². The van der Waals surface area contributed by atoms with Gasteiger partial charge in [-0.05, 0) is 18.4 Å². The van der Waals surface area contributed by atoms with E-state index >= 15 is 0 Å². The van der Waals surface area contributed by atoms with Gasteiger partial charge < -0.3 is 24.3 Å². The van der Waals surface area contributed by atoms with Crippen LogP contribution in [0.5, 0.6) is 5.88 Å². The lowest BCUT2D eigenvalue weighted by Gasteiger charge is -2.14. The Morgan fingerprint density at radius 2 is 2.03 bits per heavy atom. The van der Waals surface area contributed by atoms with Gasteiger partial charge in [-0.3, -0.25) is 4.57 Å². The fourth-order valence-electron chi connectivity index (χ4n) is 2.74. The molecular formula is C19H24N5O4P. The maximum absolute atomic E-state index is 12.5. The van der Waals surface area contributed by atoms with Crippen LogP contribution < -0.4 is 10.5 Å². The van der Waals surface area contributed by atoms with E-state index in [-0.39, 0.29) is 18.4 Å². The van der Waals surface area contributed by atoms with Crippen LogP contribution >= 0.6 is 7.37 Å². The van der Waals surface area contributed by atoms with Crippen LogP contribution in [0.2, 0.25) is 0 Å². The third-order valence-corrected chi connectivity index (χ3v) is 5.73. The topological polar surface area (TPSA) is 114 Å². The molecule has 1 fully saturated rings. The van der Waals surface area contributed by atoms with Gasteiger partial charge in [-0.1, -0.05) is 30.3 Å². The Labute approximate surface area is 168 Å². The molecule has 0 aliphatic heterocycles. The third-order valence-electron chi connectivity index (χ3n) is 4.40. The number of ether oxygens (including phenoxy) is 2. The van der Waals surface area contributed by atoms with Gasteiger partial charge >= 0.3 is 0 Å². The van der Waals surface area contributed by atoms with E-state index in [0.29, 0.717) is 36.8 Å². The molecule has 1 aliphatic carbocycles. The zero-order valence-electron chi connectivity index (χ0n) is 16.2. The summed E-state index contributed by atoms with van der Waals surface area (Å²) in [7, 11) is -2.85. The normalized spacial score (nSPS) is 16.0. The minimum absolute atomic E-state index is 0.0413. The van der Waals surface area contributed by atoms with Crippen molar-refractivity contribution in [2.24, 2.45) is 0 Å². The number of fused-ring (bicyclic) bond motifs is 1. The number of nitrogen functional groups attached to an aromatic ring is 1. The fourth-order valence-corrected chi connectivity index (χ4v) is 3.70. The summed E-state index contributed by atoms with van der Waals surface area (Å²) in [4.78, 5) is 12.8. The Morgan fingerprint density at radius 1 is 1.24 bits per heavy atom. The first-order chi connectivity index (χ1) is 14.0. The third kappa shape index (κ3) is 5.32. The van der Waals surface area contributed by atoms with Crippen molar-refractivity contribution in [1.82, 2.24) is 19.5 Å². The summed E-state index contributed by atoms with van der Waals surface area (Å²) in [5.41, 5.74) is 7.96. The standard InChI is InChI=1S/C19H24N5O4P/c1-29(25,27-11-14-5-3-2-4-6-14)13-26-10-9-24-12-21-16-17(24)22-19(20)23-18(16)28-15-7-8-15/h2-6,12,15H,7-11,13H2,1H3,(H2,20,22,23). The van der Waals surface area contributed by atoms with Gasteiger partial charge in [0.25, 0.3) is 0 Å². The summed E-state index contributed by atoms with van der Waals surface area (Å²) in [6, 6.07) is 9.63. The van der Waals surface area contributed by atoms with Crippen molar-refractivity contribution in [3.8, 4) is 5.88 Å². The number of hydrogen-bond acceptors (Lipinski definition) is 8. The van der Waals surface area contributed by atoms with E-state index in [2.05, 4.69) is 15.0 Å². The number of aromatic nitrogens is 4. The van der Waals surface area contributed by atoms with E-state index in [1.54, 1.807) is 13.0 Å². The molecule has 1 atom stereocenters. The number of imidazole rings is 1. The summed E-state index contributed by atoms with van der Waals surface area (Å²) in [5.74, 6) is 0.560. The van der Waals surface area contributed by atoms with Gasteiger partial charge in [0.15, 0.2) is 11.2 Å². The second kappa shape index (κ2) is 8.49. The minimum atomic E-state index is -2.85. The summed E-state index contributed by atoms with van der Waals surface area (Å²) < 4.78 is 31.3. The molecule has 0 bridgehead atoms. The Kier molecular flexibility index (Phi) is 5.80. The maximum atomic E-state index is 12.5. The molecule has 2 heterocycles. The van der Waals surface area contributed by atoms with Crippen LogP contribution in [0.4, 0.5) is 5.95 Å². The molecule has 3 aromatic rings. The molecule has 1 aliphatic rings.